The third-order valence-electron chi connectivity index (χ3n) is 17.2. The Labute approximate surface area is 560 Å². The van der Waals surface area contributed by atoms with Gasteiger partial charge in [0.15, 0.2) is 37.2 Å². The normalized spacial score (nSPS) is 11.6. The fourth-order valence-corrected chi connectivity index (χ4v) is 11.2. The molecule has 0 aliphatic rings. The number of hydrogen-bond donors (Lipinski definition) is 0. The van der Waals surface area contributed by atoms with Gasteiger partial charge in [-0.15, -0.1) is 0 Å². The summed E-state index contributed by atoms with van der Waals surface area (Å²) in [4.78, 5) is 0. The molecule has 0 bridgehead atoms. The van der Waals surface area contributed by atoms with Gasteiger partial charge in [-0.2, -0.15) is 0 Å². The molecule has 0 saturated carbocycles. The van der Waals surface area contributed by atoms with Gasteiger partial charge in [-0.05, 0) is 213 Å². The lowest BCUT2D eigenvalue weighted by Crippen LogP contribution is -2.31. The molecular formula is C86H100N6+6. The first kappa shape index (κ1) is 61.1. The minimum atomic E-state index is -2.06. The number of benzene rings is 6. The lowest BCUT2D eigenvalue weighted by Gasteiger charge is -2.06. The SMILES string of the molecule is Cc1cc(-c2ccccc2C)[n+](C)cc1C.Cc1ccc(-c2cccc[n+]2C)c(C)c1.Cc1cccc(-c2cccc[n+]2C)c1C.Cc1cccc(-c2cccc[n+]2C)c1C.[2H]C([2H])([2H])c1c[n+](C)c(-c2ccccc2C)cc1C.[2H]C([2H])([2H])c1ccc(-c2cccc[n+]2C)c(C)c1. The largest absolute Gasteiger partial charge is 0.212 e. The van der Waals surface area contributed by atoms with Crippen molar-refractivity contribution in [2.75, 3.05) is 0 Å². The molecule has 12 aromatic rings. The molecule has 0 radical (unpaired) electrons. The van der Waals surface area contributed by atoms with E-state index in [4.69, 9.17) is 8.22 Å². The Kier molecular flexibility index (Phi) is 21.8. The van der Waals surface area contributed by atoms with Crippen LogP contribution >= 0.6 is 0 Å². The van der Waals surface area contributed by atoms with Crippen molar-refractivity contribution in [2.45, 2.75) is 96.8 Å². The molecule has 468 valence electrons. The molecule has 6 heterocycles. The van der Waals surface area contributed by atoms with Crippen LogP contribution in [0.15, 0.2) is 243 Å². The summed E-state index contributed by atoms with van der Waals surface area (Å²) in [6.07, 6.45) is 12.1. The van der Waals surface area contributed by atoms with Crippen molar-refractivity contribution < 1.29 is 35.6 Å². The van der Waals surface area contributed by atoms with Crippen molar-refractivity contribution in [3.8, 4) is 67.5 Å². The van der Waals surface area contributed by atoms with E-state index in [0.29, 0.717) is 11.1 Å². The van der Waals surface area contributed by atoms with Crippen molar-refractivity contribution in [1.29, 1.82) is 0 Å². The maximum Gasteiger partial charge on any atom is 0.212 e. The monoisotopic (exact) mass is 1220 g/mol. The summed E-state index contributed by atoms with van der Waals surface area (Å²) in [7, 11) is 12.2. The molecular weight excluding hydrogens is 1120 g/mol. The first-order valence-electron chi connectivity index (χ1n) is 34.6. The average Bonchev–Trinajstić information content (AvgIpc) is 0.807. The Morgan fingerprint density at radius 3 is 0.902 bits per heavy atom. The van der Waals surface area contributed by atoms with Crippen LogP contribution < -0.4 is 27.4 Å². The highest BCUT2D eigenvalue weighted by molar-refractivity contribution is 5.66. The molecule has 0 N–H and O–H groups in total. The summed E-state index contributed by atoms with van der Waals surface area (Å²) in [5, 5.41) is 0. The average molecular weight is 1220 g/mol. The summed E-state index contributed by atoms with van der Waals surface area (Å²) >= 11 is 0. The first-order valence-corrected chi connectivity index (χ1v) is 31.6. The molecule has 6 aromatic heterocycles. The number of rotatable bonds is 6. The van der Waals surface area contributed by atoms with Crippen molar-refractivity contribution >= 4 is 0 Å². The molecule has 0 aliphatic heterocycles. The molecule has 0 aliphatic carbocycles. The van der Waals surface area contributed by atoms with Crippen LogP contribution in [0.1, 0.15) is 86.1 Å². The second-order valence-corrected chi connectivity index (χ2v) is 24.3. The highest BCUT2D eigenvalue weighted by Gasteiger charge is 2.18. The molecule has 6 heteroatoms. The summed E-state index contributed by atoms with van der Waals surface area (Å²) in [6.45, 7) is 21.2. The van der Waals surface area contributed by atoms with Crippen LogP contribution in [0.2, 0.25) is 0 Å². The van der Waals surface area contributed by atoms with E-state index >= 15 is 0 Å². The Bertz CT molecular complexity index is 4620. The van der Waals surface area contributed by atoms with Gasteiger partial charge >= 0.3 is 0 Å². The molecule has 0 spiro atoms. The van der Waals surface area contributed by atoms with Crippen LogP contribution in [0.5, 0.6) is 0 Å². The molecule has 6 nitrogen and oxygen atoms in total. The predicted octanol–water partition coefficient (Wildman–Crippen LogP) is 17.4. The highest BCUT2D eigenvalue weighted by Crippen LogP contribution is 2.27. The van der Waals surface area contributed by atoms with Gasteiger partial charge in [0, 0.05) is 113 Å². The first-order chi connectivity index (χ1) is 46.4. The Morgan fingerprint density at radius 2 is 0.533 bits per heavy atom. The molecule has 0 fully saturated rings. The zero-order chi connectivity index (χ0) is 71.8. The standard InChI is InChI=1S/2C15H18N.4C14H16N/c2*1-11-7-5-6-8-14(11)15-9-12(2)13(3)10-16(15)4;2*1-11-7-6-8-13(12(11)2)14-9-4-5-10-15(14)3;2*1-11-7-8-13(12(2)10-11)14-6-4-5-9-15(14)3/h2*5-10H,1-4H3;4*4-10H,1-3H3/q6*+1/i3D3;;;;1D3;. The zero-order valence-electron chi connectivity index (χ0n) is 63.8. The van der Waals surface area contributed by atoms with Gasteiger partial charge in [0.1, 0.15) is 42.3 Å². The Balaban J connectivity index is 0.000000166. The maximum absolute atomic E-state index is 7.55. The highest BCUT2D eigenvalue weighted by atomic mass is 14.9. The van der Waals surface area contributed by atoms with E-state index in [9.17, 15) is 0 Å². The van der Waals surface area contributed by atoms with Gasteiger partial charge in [-0.1, -0.05) is 96.1 Å². The maximum atomic E-state index is 7.55. The summed E-state index contributed by atoms with van der Waals surface area (Å²) in [6, 6.07) is 70.4. The van der Waals surface area contributed by atoms with Crippen LogP contribution in [0.3, 0.4) is 0 Å². The second kappa shape index (κ2) is 32.8. The van der Waals surface area contributed by atoms with Gasteiger partial charge in [-0.25, -0.2) is 27.4 Å². The summed E-state index contributed by atoms with van der Waals surface area (Å²) in [5.74, 6) is 0. The van der Waals surface area contributed by atoms with E-state index in [1.807, 2.05) is 91.8 Å². The van der Waals surface area contributed by atoms with Crippen LogP contribution in [-0.4, -0.2) is 0 Å². The number of aromatic nitrogens is 6. The third kappa shape index (κ3) is 18.2. The van der Waals surface area contributed by atoms with E-state index in [1.165, 1.54) is 101 Å². The van der Waals surface area contributed by atoms with E-state index in [-0.39, 0.29) is 0 Å². The van der Waals surface area contributed by atoms with Crippen LogP contribution in [0, 0.1) is 96.8 Å². The number of nitrogens with zero attached hydrogens (tertiary/aromatic N) is 6. The van der Waals surface area contributed by atoms with E-state index in [0.717, 1.165) is 33.6 Å². The van der Waals surface area contributed by atoms with Gasteiger partial charge in [0.25, 0.3) is 0 Å². The van der Waals surface area contributed by atoms with E-state index in [2.05, 4.69) is 286 Å². The summed E-state index contributed by atoms with van der Waals surface area (Å²) in [5.41, 5.74) is 30.4. The fourth-order valence-electron chi connectivity index (χ4n) is 11.2. The number of hydrogen-bond acceptors (Lipinski definition) is 0. The lowest BCUT2D eigenvalue weighted by molar-refractivity contribution is -0.660. The van der Waals surface area contributed by atoms with Gasteiger partial charge < -0.3 is 0 Å². The van der Waals surface area contributed by atoms with Gasteiger partial charge in [0.05, 0.1) is 0 Å². The molecule has 0 amide bonds. The quantitative estimate of drug-likeness (QED) is 0.148. The topological polar surface area (TPSA) is 23.3 Å². The number of aryl methyl sites for hydroxylation is 18. The van der Waals surface area contributed by atoms with Crippen LogP contribution in [-0.2, 0) is 42.3 Å². The minimum Gasteiger partial charge on any atom is -0.201 e. The Hall–Kier alpha value is -9.78. The molecule has 0 saturated heterocycles. The van der Waals surface area contributed by atoms with Crippen molar-refractivity contribution in [3.63, 3.8) is 0 Å². The third-order valence-corrected chi connectivity index (χ3v) is 17.2. The van der Waals surface area contributed by atoms with Gasteiger partial charge in [-0.3, -0.25) is 0 Å². The number of pyridine rings is 6. The van der Waals surface area contributed by atoms with E-state index < -0.39 is 13.7 Å². The van der Waals surface area contributed by atoms with Crippen LogP contribution in [0.25, 0.3) is 67.5 Å². The van der Waals surface area contributed by atoms with Crippen molar-refractivity contribution in [3.05, 3.63) is 321 Å². The lowest BCUT2D eigenvalue weighted by atomic mass is 10.0. The van der Waals surface area contributed by atoms with Crippen molar-refractivity contribution in [2.24, 2.45) is 42.3 Å². The zero-order valence-corrected chi connectivity index (χ0v) is 57.8. The minimum absolute atomic E-state index is 0.391. The molecule has 0 unspecified atom stereocenters. The van der Waals surface area contributed by atoms with Crippen molar-refractivity contribution in [1.82, 2.24) is 0 Å². The summed E-state index contributed by atoms with van der Waals surface area (Å²) < 4.78 is 57.5. The second-order valence-electron chi connectivity index (χ2n) is 24.3. The van der Waals surface area contributed by atoms with E-state index in [1.54, 1.807) is 18.3 Å². The smallest absolute Gasteiger partial charge is 0.201 e. The Morgan fingerprint density at radius 1 is 0.217 bits per heavy atom. The fraction of sp³-hybridized carbons (Fsp3) is 0.233. The molecule has 92 heavy (non-hydrogen) atoms. The molecule has 12 rings (SSSR count). The van der Waals surface area contributed by atoms with Gasteiger partial charge in [0.2, 0.25) is 34.2 Å². The molecule has 0 atom stereocenters. The predicted molar refractivity (Wildman–Crippen MR) is 385 cm³/mol. The van der Waals surface area contributed by atoms with Crippen LogP contribution in [0.4, 0.5) is 0 Å². The molecule has 6 aromatic carbocycles.